The Hall–Kier alpha value is -0.890. The molecule has 2 rings (SSSR count). The van der Waals surface area contributed by atoms with E-state index in [0.29, 0.717) is 0 Å². The van der Waals surface area contributed by atoms with Crippen molar-refractivity contribution in [2.75, 3.05) is 6.61 Å². The third kappa shape index (κ3) is 8.58. The van der Waals surface area contributed by atoms with Gasteiger partial charge in [0.05, 0.1) is 37.1 Å². The van der Waals surface area contributed by atoms with Gasteiger partial charge in [0.25, 0.3) is 0 Å². The molecule has 0 aliphatic carbocycles. The van der Waals surface area contributed by atoms with Gasteiger partial charge in [-0.2, -0.15) is 0 Å². The summed E-state index contributed by atoms with van der Waals surface area (Å²) in [6.07, 6.45) is -7.92. The molecule has 11 heteroatoms. The third-order valence-electron chi connectivity index (χ3n) is 6.03. The average molecular weight is 510 g/mol. The molecule has 0 radical (unpaired) electrons. The van der Waals surface area contributed by atoms with E-state index in [-0.39, 0.29) is 36.8 Å². The van der Waals surface area contributed by atoms with Gasteiger partial charge in [0, 0.05) is 0 Å². The van der Waals surface area contributed by atoms with Gasteiger partial charge in [0.2, 0.25) is 0 Å². The lowest BCUT2D eigenvalue weighted by Gasteiger charge is -2.44. The number of aliphatic hydroxyl groups is 4. The van der Waals surface area contributed by atoms with E-state index in [1.807, 2.05) is 27.7 Å². The van der Waals surface area contributed by atoms with Crippen LogP contribution in [-0.2, 0) is 23.7 Å². The summed E-state index contributed by atoms with van der Waals surface area (Å²) in [5.74, 6) is -1.11. The number of aliphatic hydroxyl groups excluding tert-OH is 4. The summed E-state index contributed by atoms with van der Waals surface area (Å²) in [7, 11) is 0. The van der Waals surface area contributed by atoms with Crippen molar-refractivity contribution >= 4 is 5.97 Å². The Balaban J connectivity index is 0.000000351. The first kappa shape index (κ1) is 32.1. The largest absolute Gasteiger partial charge is 0.479 e. The maximum atomic E-state index is 11.2. The van der Waals surface area contributed by atoms with Crippen LogP contribution in [0.15, 0.2) is 0 Å². The molecule has 0 bridgehead atoms. The molecule has 208 valence electrons. The first-order valence-corrected chi connectivity index (χ1v) is 12.4. The Morgan fingerprint density at radius 3 is 1.69 bits per heavy atom. The Labute approximate surface area is 208 Å². The highest BCUT2D eigenvalue weighted by Crippen LogP contribution is 2.29. The fourth-order valence-electron chi connectivity index (χ4n) is 4.35. The van der Waals surface area contributed by atoms with Crippen molar-refractivity contribution in [1.82, 2.24) is 0 Å². The lowest BCUT2D eigenvalue weighted by molar-refractivity contribution is -0.251. The van der Waals surface area contributed by atoms with Gasteiger partial charge in [-0.05, 0) is 39.5 Å². The lowest BCUT2D eigenvalue weighted by atomic mass is 9.88. The number of rotatable bonds is 8. The number of carboxylic acids is 1. The van der Waals surface area contributed by atoms with Crippen LogP contribution in [0.5, 0.6) is 0 Å². The van der Waals surface area contributed by atoms with Crippen molar-refractivity contribution in [2.45, 2.75) is 129 Å². The van der Waals surface area contributed by atoms with Crippen LogP contribution in [0.2, 0.25) is 0 Å². The lowest BCUT2D eigenvalue weighted by Crippen LogP contribution is -2.64. The standard InChI is InChI=1S/C12H25NO4.C12H22O6/c1-6(2)11-9(13)10(15)12(16-7(3)4)8(5-14)17-11;1-5(2)9-7(13)8(14)10(17-6(3)4)11(18-9)12(15)16/h6-12,14-15H,5,13H2,1-4H3;5-11,13-14H,1-4H3,(H,15,16). The zero-order chi connectivity index (χ0) is 27.2. The Bertz CT molecular complexity index is 629. The number of hydrogen-bond donors (Lipinski definition) is 6. The SMILES string of the molecule is CC(C)OC1C(C(=O)O)OC(C(C)C)C(O)C1O.CC(C)OC1C(CO)OC(C(C)C)C(N)C1O. The van der Waals surface area contributed by atoms with E-state index in [4.69, 9.17) is 29.8 Å². The molecule has 35 heavy (non-hydrogen) atoms. The molecule has 0 aromatic carbocycles. The monoisotopic (exact) mass is 509 g/mol. The van der Waals surface area contributed by atoms with Crippen LogP contribution in [0, 0.1) is 11.8 Å². The van der Waals surface area contributed by atoms with Crippen molar-refractivity contribution in [3.63, 3.8) is 0 Å². The van der Waals surface area contributed by atoms with Crippen LogP contribution >= 0.6 is 0 Å². The van der Waals surface area contributed by atoms with E-state index in [1.165, 1.54) is 0 Å². The molecule has 2 aliphatic rings. The van der Waals surface area contributed by atoms with E-state index < -0.39 is 60.8 Å². The van der Waals surface area contributed by atoms with Gasteiger partial charge in [0.1, 0.15) is 36.6 Å². The van der Waals surface area contributed by atoms with Crippen molar-refractivity contribution in [3.05, 3.63) is 0 Å². The van der Waals surface area contributed by atoms with Crippen LogP contribution in [0.25, 0.3) is 0 Å². The number of aliphatic carboxylic acids is 1. The normalized spacial score (nSPS) is 38.1. The second-order valence-corrected chi connectivity index (χ2v) is 10.5. The zero-order valence-corrected chi connectivity index (χ0v) is 22.1. The van der Waals surface area contributed by atoms with Crippen molar-refractivity contribution in [2.24, 2.45) is 17.6 Å². The molecule has 0 spiro atoms. The number of nitrogens with two attached hydrogens (primary N) is 1. The molecule has 0 aromatic rings. The van der Waals surface area contributed by atoms with Gasteiger partial charge in [-0.1, -0.05) is 27.7 Å². The fraction of sp³-hybridized carbons (Fsp3) is 0.958. The number of carboxylic acid groups (broad SMARTS) is 1. The van der Waals surface area contributed by atoms with Gasteiger partial charge in [-0.25, -0.2) is 4.79 Å². The zero-order valence-electron chi connectivity index (χ0n) is 22.1. The summed E-state index contributed by atoms with van der Waals surface area (Å²) in [6, 6.07) is -0.485. The predicted molar refractivity (Wildman–Crippen MR) is 128 cm³/mol. The molecule has 2 fully saturated rings. The molecule has 2 aliphatic heterocycles. The first-order valence-electron chi connectivity index (χ1n) is 12.4. The van der Waals surface area contributed by atoms with Crippen LogP contribution in [0.3, 0.4) is 0 Å². The fourth-order valence-corrected chi connectivity index (χ4v) is 4.35. The van der Waals surface area contributed by atoms with Gasteiger partial charge in [-0.3, -0.25) is 0 Å². The maximum absolute atomic E-state index is 11.2. The summed E-state index contributed by atoms with van der Waals surface area (Å²) in [5.41, 5.74) is 5.97. The number of hydrogen-bond acceptors (Lipinski definition) is 10. The predicted octanol–water partition coefficient (Wildman–Crippen LogP) is -0.106. The molecule has 2 heterocycles. The quantitative estimate of drug-likeness (QED) is 0.257. The molecular formula is C24H47NO10. The Morgan fingerprint density at radius 2 is 1.29 bits per heavy atom. The van der Waals surface area contributed by atoms with Gasteiger partial charge < -0.3 is 50.2 Å². The van der Waals surface area contributed by atoms with Crippen LogP contribution in [0.1, 0.15) is 55.4 Å². The van der Waals surface area contributed by atoms with Gasteiger partial charge in [0.15, 0.2) is 6.10 Å². The summed E-state index contributed by atoms with van der Waals surface area (Å²) >= 11 is 0. The maximum Gasteiger partial charge on any atom is 0.335 e. The van der Waals surface area contributed by atoms with E-state index in [9.17, 15) is 25.2 Å². The second kappa shape index (κ2) is 14.2. The molecule has 10 unspecified atom stereocenters. The minimum absolute atomic E-state index is 0.0462. The summed E-state index contributed by atoms with van der Waals surface area (Å²) in [6.45, 7) is 14.6. The van der Waals surface area contributed by atoms with Crippen LogP contribution in [-0.4, -0.2) is 111 Å². The molecule has 0 saturated carbocycles. The van der Waals surface area contributed by atoms with E-state index in [2.05, 4.69) is 0 Å². The van der Waals surface area contributed by atoms with Gasteiger partial charge in [-0.15, -0.1) is 0 Å². The van der Waals surface area contributed by atoms with Crippen molar-refractivity contribution < 1.29 is 49.3 Å². The van der Waals surface area contributed by atoms with Crippen LogP contribution in [0.4, 0.5) is 0 Å². The Morgan fingerprint density at radius 1 is 0.800 bits per heavy atom. The van der Waals surface area contributed by atoms with Crippen molar-refractivity contribution in [3.8, 4) is 0 Å². The minimum Gasteiger partial charge on any atom is -0.479 e. The topological polar surface area (TPSA) is 181 Å². The molecular weight excluding hydrogens is 462 g/mol. The summed E-state index contributed by atoms with van der Waals surface area (Å²) in [5, 5.41) is 48.6. The molecule has 0 aromatic heterocycles. The molecule has 2 saturated heterocycles. The number of carbonyl (C=O) groups is 1. The summed E-state index contributed by atoms with van der Waals surface area (Å²) < 4.78 is 22.1. The van der Waals surface area contributed by atoms with Crippen molar-refractivity contribution in [1.29, 1.82) is 0 Å². The highest BCUT2D eigenvalue weighted by Gasteiger charge is 2.49. The second-order valence-electron chi connectivity index (χ2n) is 10.5. The van der Waals surface area contributed by atoms with E-state index in [1.54, 1.807) is 27.7 Å². The molecule has 11 nitrogen and oxygen atoms in total. The average Bonchev–Trinajstić information content (AvgIpc) is 2.74. The third-order valence-corrected chi connectivity index (χ3v) is 6.03. The summed E-state index contributed by atoms with van der Waals surface area (Å²) in [4.78, 5) is 11.2. The van der Waals surface area contributed by atoms with E-state index >= 15 is 0 Å². The minimum atomic E-state index is -1.27. The molecule has 0 amide bonds. The smallest absolute Gasteiger partial charge is 0.335 e. The number of ether oxygens (including phenoxy) is 4. The highest BCUT2D eigenvalue weighted by molar-refractivity contribution is 5.73. The van der Waals surface area contributed by atoms with E-state index in [0.717, 1.165) is 0 Å². The molecule has 7 N–H and O–H groups in total. The highest BCUT2D eigenvalue weighted by atomic mass is 16.6. The first-order chi connectivity index (χ1) is 16.1. The van der Waals surface area contributed by atoms with Crippen LogP contribution < -0.4 is 5.73 Å². The molecule has 10 atom stereocenters. The van der Waals surface area contributed by atoms with Gasteiger partial charge >= 0.3 is 5.97 Å². The Kier molecular flexibility index (Phi) is 13.0.